The molecule has 0 bridgehead atoms. The fourth-order valence-corrected chi connectivity index (χ4v) is 4.47. The van der Waals surface area contributed by atoms with Crippen molar-refractivity contribution in [3.63, 3.8) is 0 Å². The number of urea groups is 1. The van der Waals surface area contributed by atoms with Crippen molar-refractivity contribution in [2.75, 3.05) is 36.8 Å². The van der Waals surface area contributed by atoms with Gasteiger partial charge in [-0.15, -0.1) is 0 Å². The molecular formula is C24H22Cl2N8O. The van der Waals surface area contributed by atoms with E-state index < -0.39 is 0 Å². The molecule has 4 aromatic rings. The zero-order valence-electron chi connectivity index (χ0n) is 18.7. The second kappa shape index (κ2) is 9.89. The van der Waals surface area contributed by atoms with Crippen LogP contribution in [0, 0.1) is 0 Å². The molecule has 2 aromatic carbocycles. The zero-order valence-corrected chi connectivity index (χ0v) is 20.2. The van der Waals surface area contributed by atoms with Gasteiger partial charge in [-0.2, -0.15) is 9.97 Å². The lowest BCUT2D eigenvalue weighted by atomic mass is 10.1. The molecule has 35 heavy (non-hydrogen) atoms. The van der Waals surface area contributed by atoms with E-state index in [-0.39, 0.29) is 12.0 Å². The normalized spacial score (nSPS) is 13.8. The predicted molar refractivity (Wildman–Crippen MR) is 137 cm³/mol. The maximum atomic E-state index is 12.6. The van der Waals surface area contributed by atoms with Crippen molar-refractivity contribution in [1.29, 1.82) is 0 Å². The number of hydrogen-bond acceptors (Lipinski definition) is 7. The van der Waals surface area contributed by atoms with Crippen LogP contribution in [0.3, 0.4) is 0 Å². The first-order valence-corrected chi connectivity index (χ1v) is 11.8. The van der Waals surface area contributed by atoms with Crippen molar-refractivity contribution in [1.82, 2.24) is 30.2 Å². The van der Waals surface area contributed by atoms with Crippen molar-refractivity contribution < 1.29 is 4.79 Å². The van der Waals surface area contributed by atoms with Crippen molar-refractivity contribution in [3.8, 4) is 11.3 Å². The number of rotatable bonds is 4. The van der Waals surface area contributed by atoms with Crippen molar-refractivity contribution >= 4 is 52.2 Å². The lowest BCUT2D eigenvalue weighted by Gasteiger charge is -2.35. The highest BCUT2D eigenvalue weighted by molar-refractivity contribution is 6.36. The van der Waals surface area contributed by atoms with E-state index in [9.17, 15) is 4.79 Å². The Morgan fingerprint density at radius 3 is 2.51 bits per heavy atom. The summed E-state index contributed by atoms with van der Waals surface area (Å²) < 4.78 is 0. The molecule has 0 aliphatic carbocycles. The number of carbonyl (C=O) groups is 1. The minimum atomic E-state index is -0.0972. The van der Waals surface area contributed by atoms with Gasteiger partial charge in [0.15, 0.2) is 17.0 Å². The molecule has 11 heteroatoms. The molecule has 3 heterocycles. The van der Waals surface area contributed by atoms with Gasteiger partial charge in [-0.3, -0.25) is 0 Å². The first kappa shape index (κ1) is 23.1. The van der Waals surface area contributed by atoms with Crippen molar-refractivity contribution in [3.05, 3.63) is 70.3 Å². The van der Waals surface area contributed by atoms with Crippen molar-refractivity contribution in [2.24, 2.45) is 0 Å². The Kier molecular flexibility index (Phi) is 6.52. The molecule has 1 saturated heterocycles. The Balaban J connectivity index is 1.34. The third-order valence-electron chi connectivity index (χ3n) is 5.77. The molecule has 0 atom stereocenters. The van der Waals surface area contributed by atoms with Gasteiger partial charge in [0.2, 0.25) is 5.95 Å². The van der Waals surface area contributed by atoms with Crippen LogP contribution in [0.4, 0.5) is 16.6 Å². The second-order valence-electron chi connectivity index (χ2n) is 8.08. The highest BCUT2D eigenvalue weighted by Gasteiger charge is 2.25. The third kappa shape index (κ3) is 5.06. The van der Waals surface area contributed by atoms with Gasteiger partial charge in [-0.1, -0.05) is 53.5 Å². The summed E-state index contributed by atoms with van der Waals surface area (Å²) in [6.45, 7) is 2.68. The van der Waals surface area contributed by atoms with Gasteiger partial charge in [-0.05, 0) is 23.8 Å². The van der Waals surface area contributed by atoms with E-state index in [1.54, 1.807) is 29.3 Å². The van der Waals surface area contributed by atoms with Gasteiger partial charge in [0.05, 0.1) is 16.9 Å². The molecule has 1 aliphatic heterocycles. The Hall–Kier alpha value is -3.69. The molecule has 2 amide bonds. The van der Waals surface area contributed by atoms with E-state index in [0.29, 0.717) is 71.0 Å². The van der Waals surface area contributed by atoms with Crippen LogP contribution in [0.25, 0.3) is 22.4 Å². The van der Waals surface area contributed by atoms with Crippen LogP contribution in [0.5, 0.6) is 0 Å². The molecule has 0 radical (unpaired) electrons. The molecule has 2 aromatic heterocycles. The first-order chi connectivity index (χ1) is 17.0. The topological polar surface area (TPSA) is 113 Å². The summed E-state index contributed by atoms with van der Waals surface area (Å²) in [4.78, 5) is 34.4. The molecular weight excluding hydrogens is 487 g/mol. The molecule has 0 saturated carbocycles. The lowest BCUT2D eigenvalue weighted by molar-refractivity contribution is 0.194. The molecule has 0 spiro atoms. The van der Waals surface area contributed by atoms with Gasteiger partial charge < -0.3 is 20.9 Å². The highest BCUT2D eigenvalue weighted by atomic mass is 35.5. The Morgan fingerprint density at radius 2 is 1.77 bits per heavy atom. The van der Waals surface area contributed by atoms with Crippen LogP contribution in [0.1, 0.15) is 5.56 Å². The summed E-state index contributed by atoms with van der Waals surface area (Å²) >= 11 is 12.4. The molecule has 1 fully saturated rings. The van der Waals surface area contributed by atoms with Crippen LogP contribution in [0.2, 0.25) is 10.0 Å². The lowest BCUT2D eigenvalue weighted by Crippen LogP contribution is -2.52. The monoisotopic (exact) mass is 508 g/mol. The summed E-state index contributed by atoms with van der Waals surface area (Å²) in [5.74, 6) is 0.693. The number of nitrogens with one attached hydrogen (secondary N) is 1. The number of fused-ring (bicyclic) bond motifs is 1. The minimum Gasteiger partial charge on any atom is -0.368 e. The highest BCUT2D eigenvalue weighted by Crippen LogP contribution is 2.31. The van der Waals surface area contributed by atoms with Gasteiger partial charge in [-0.25, -0.2) is 14.8 Å². The molecule has 3 N–H and O–H groups in total. The summed E-state index contributed by atoms with van der Waals surface area (Å²) in [5.41, 5.74) is 9.21. The molecule has 178 valence electrons. The summed E-state index contributed by atoms with van der Waals surface area (Å²) in [7, 11) is 0. The average Bonchev–Trinajstić information content (AvgIpc) is 2.87. The number of carbonyl (C=O) groups excluding carboxylic acids is 1. The van der Waals surface area contributed by atoms with Crippen LogP contribution in [-0.2, 0) is 6.54 Å². The first-order valence-electron chi connectivity index (χ1n) is 11.1. The largest absolute Gasteiger partial charge is 0.368 e. The fourth-order valence-electron chi connectivity index (χ4n) is 3.96. The summed E-state index contributed by atoms with van der Waals surface area (Å²) in [6, 6.07) is 14.9. The van der Waals surface area contributed by atoms with Crippen LogP contribution >= 0.6 is 23.2 Å². The number of hydrogen-bond donors (Lipinski definition) is 2. The fraction of sp³-hybridized carbons (Fsp3) is 0.208. The number of anilines is 2. The number of aromatic nitrogens is 4. The Morgan fingerprint density at radius 1 is 1.00 bits per heavy atom. The number of nitrogen functional groups attached to an aromatic ring is 1. The molecule has 5 rings (SSSR count). The number of piperazine rings is 1. The number of nitrogens with zero attached hydrogens (tertiary/aromatic N) is 6. The van der Waals surface area contributed by atoms with Crippen LogP contribution in [0.15, 0.2) is 54.7 Å². The Labute approximate surface area is 211 Å². The van der Waals surface area contributed by atoms with Gasteiger partial charge in [0.1, 0.15) is 0 Å². The van der Waals surface area contributed by atoms with E-state index in [1.807, 2.05) is 35.2 Å². The third-order valence-corrected chi connectivity index (χ3v) is 6.31. The maximum Gasteiger partial charge on any atom is 0.317 e. The number of halogens is 2. The van der Waals surface area contributed by atoms with E-state index in [4.69, 9.17) is 33.9 Å². The SMILES string of the molecule is Nc1nc(N2CCN(C(=O)NCc3ccccc3)CC2)c2nc(-c3ccc(Cl)cc3Cl)cnc2n1. The Bertz CT molecular complexity index is 1380. The van der Waals surface area contributed by atoms with Crippen LogP contribution in [-0.4, -0.2) is 57.0 Å². The molecule has 0 unspecified atom stereocenters. The van der Waals surface area contributed by atoms with Gasteiger partial charge >= 0.3 is 6.03 Å². The number of nitrogens with two attached hydrogens (primary N) is 1. The predicted octanol–water partition coefficient (Wildman–Crippen LogP) is 4.01. The summed E-state index contributed by atoms with van der Waals surface area (Å²) in [5, 5.41) is 3.98. The standard InChI is InChI=1S/C24H22Cl2N8O/c25-16-6-7-17(18(26)12-16)19-14-28-21-20(30-19)22(32-23(27)31-21)33-8-10-34(11-9-33)24(35)29-13-15-4-2-1-3-5-15/h1-7,12,14H,8-11,13H2,(H,29,35)(H2,27,28,31,32). The average molecular weight is 509 g/mol. The minimum absolute atomic E-state index is 0.0972. The van der Waals surface area contributed by atoms with Crippen molar-refractivity contribution in [2.45, 2.75) is 6.54 Å². The zero-order chi connectivity index (χ0) is 24.4. The van der Waals surface area contributed by atoms with Crippen LogP contribution < -0.4 is 16.0 Å². The number of amides is 2. The van der Waals surface area contributed by atoms with E-state index >= 15 is 0 Å². The second-order valence-corrected chi connectivity index (χ2v) is 8.92. The van der Waals surface area contributed by atoms with E-state index in [0.717, 1.165) is 5.56 Å². The van der Waals surface area contributed by atoms with Gasteiger partial charge in [0.25, 0.3) is 0 Å². The smallest absolute Gasteiger partial charge is 0.317 e. The van der Waals surface area contributed by atoms with E-state index in [1.165, 1.54) is 0 Å². The summed E-state index contributed by atoms with van der Waals surface area (Å²) in [6.07, 6.45) is 1.60. The molecule has 1 aliphatic rings. The van der Waals surface area contributed by atoms with E-state index in [2.05, 4.69) is 20.3 Å². The quantitative estimate of drug-likeness (QED) is 0.428. The van der Waals surface area contributed by atoms with Gasteiger partial charge in [0, 0.05) is 43.3 Å². The molecule has 9 nitrogen and oxygen atoms in total. The number of benzene rings is 2. The maximum absolute atomic E-state index is 12.6.